The van der Waals surface area contributed by atoms with Gasteiger partial charge in [0.15, 0.2) is 0 Å². The monoisotopic (exact) mass is 235 g/mol. The van der Waals surface area contributed by atoms with Gasteiger partial charge < -0.3 is 0 Å². The second-order valence-corrected chi connectivity index (χ2v) is 3.13. The summed E-state index contributed by atoms with van der Waals surface area (Å²) in [5.74, 6) is 8.81. The van der Waals surface area contributed by atoms with Crippen molar-refractivity contribution in [1.29, 1.82) is 0 Å². The molecule has 7 N–H and O–H groups in total. The smallest absolute Gasteiger partial charge is 0.268 e. The number of nitrogen functional groups attached to an aromatic ring is 2. The first-order valence-electron chi connectivity index (χ1n) is 4.54. The molecule has 0 saturated carbocycles. The van der Waals surface area contributed by atoms with Gasteiger partial charge in [-0.25, -0.2) is 11.7 Å². The van der Waals surface area contributed by atoms with E-state index >= 15 is 0 Å². The Bertz CT molecular complexity index is 591. The second kappa shape index (κ2) is 4.15. The lowest BCUT2D eigenvalue weighted by molar-refractivity contribution is 0.0921. The molecule has 0 unspecified atom stereocenters. The highest BCUT2D eigenvalue weighted by Gasteiger charge is 2.21. The van der Waals surface area contributed by atoms with Gasteiger partial charge in [0.2, 0.25) is 0 Å². The van der Waals surface area contributed by atoms with E-state index in [1.165, 1.54) is 12.1 Å². The number of H-pyrrole nitrogens is 1. The Morgan fingerprint density at radius 1 is 1.12 bits per heavy atom. The third kappa shape index (κ3) is 1.68. The van der Waals surface area contributed by atoms with Crippen LogP contribution in [0.25, 0.3) is 11.0 Å². The van der Waals surface area contributed by atoms with Crippen LogP contribution in [0.2, 0.25) is 0 Å². The molecule has 0 fully saturated rings. The number of nitrogens with one attached hydrogen (secondary N) is 3. The standard InChI is InChI=1S/C8H9N7O2/c9-11-7(16)3-1-2-4-6(14-15-13-4)5(3)8(17)12-10/h1-2H,9-10H2,(H,11,16)(H,12,17)(H,13,14,15). The van der Waals surface area contributed by atoms with Crippen LogP contribution >= 0.6 is 0 Å². The number of rotatable bonds is 2. The van der Waals surface area contributed by atoms with E-state index in [2.05, 4.69) is 15.4 Å². The molecule has 2 amide bonds. The van der Waals surface area contributed by atoms with Crippen molar-refractivity contribution < 1.29 is 9.59 Å². The van der Waals surface area contributed by atoms with E-state index in [4.69, 9.17) is 11.7 Å². The lowest BCUT2D eigenvalue weighted by Gasteiger charge is -2.06. The number of carbonyl (C=O) groups excluding carboxylic acids is 2. The molecule has 0 atom stereocenters. The number of hydrogen-bond acceptors (Lipinski definition) is 6. The van der Waals surface area contributed by atoms with Crippen molar-refractivity contribution in [3.8, 4) is 0 Å². The Balaban J connectivity index is 2.74. The number of aromatic nitrogens is 3. The van der Waals surface area contributed by atoms with Gasteiger partial charge in [-0.05, 0) is 12.1 Å². The summed E-state index contributed by atoms with van der Waals surface area (Å²) >= 11 is 0. The number of nitrogens with two attached hydrogens (primary N) is 2. The van der Waals surface area contributed by atoms with Crippen molar-refractivity contribution in [3.05, 3.63) is 23.3 Å². The van der Waals surface area contributed by atoms with E-state index < -0.39 is 11.8 Å². The van der Waals surface area contributed by atoms with Crippen LogP contribution in [0.3, 0.4) is 0 Å². The fourth-order valence-corrected chi connectivity index (χ4v) is 1.48. The van der Waals surface area contributed by atoms with Gasteiger partial charge in [0.05, 0.1) is 11.1 Å². The molecule has 2 aromatic rings. The highest BCUT2D eigenvalue weighted by molar-refractivity contribution is 6.13. The van der Waals surface area contributed by atoms with E-state index in [1.807, 2.05) is 10.9 Å². The zero-order valence-corrected chi connectivity index (χ0v) is 8.52. The summed E-state index contributed by atoms with van der Waals surface area (Å²) in [6.45, 7) is 0. The van der Waals surface area contributed by atoms with Crippen molar-refractivity contribution in [3.63, 3.8) is 0 Å². The number of benzene rings is 1. The van der Waals surface area contributed by atoms with E-state index in [1.54, 1.807) is 0 Å². The van der Waals surface area contributed by atoms with Crippen LogP contribution < -0.4 is 22.5 Å². The van der Waals surface area contributed by atoms with Gasteiger partial charge in [0.25, 0.3) is 11.8 Å². The van der Waals surface area contributed by atoms with Crippen molar-refractivity contribution in [2.24, 2.45) is 11.7 Å². The van der Waals surface area contributed by atoms with Crippen LogP contribution in [0, 0.1) is 0 Å². The van der Waals surface area contributed by atoms with Gasteiger partial charge in [-0.15, -0.1) is 0 Å². The molecule has 2 rings (SSSR count). The molecule has 88 valence electrons. The minimum atomic E-state index is -0.650. The summed E-state index contributed by atoms with van der Waals surface area (Å²) < 4.78 is 0. The molecule has 0 aliphatic heterocycles. The van der Waals surface area contributed by atoms with Crippen LogP contribution in [0.4, 0.5) is 0 Å². The molecule has 1 aromatic carbocycles. The van der Waals surface area contributed by atoms with Gasteiger partial charge >= 0.3 is 0 Å². The quantitative estimate of drug-likeness (QED) is 0.234. The maximum Gasteiger partial charge on any atom is 0.268 e. The first-order chi connectivity index (χ1) is 8.19. The molecule has 9 heteroatoms. The highest BCUT2D eigenvalue weighted by Crippen LogP contribution is 2.18. The summed E-state index contributed by atoms with van der Waals surface area (Å²) in [6, 6.07) is 2.95. The van der Waals surface area contributed by atoms with E-state index in [0.717, 1.165) is 0 Å². The molecule has 1 heterocycles. The molecular weight excluding hydrogens is 226 g/mol. The van der Waals surface area contributed by atoms with Gasteiger partial charge in [0, 0.05) is 0 Å². The molecule has 9 nitrogen and oxygen atoms in total. The lowest BCUT2D eigenvalue weighted by atomic mass is 10.0. The molecule has 0 spiro atoms. The fourth-order valence-electron chi connectivity index (χ4n) is 1.48. The summed E-state index contributed by atoms with van der Waals surface area (Å²) in [7, 11) is 0. The number of hydrazine groups is 2. The summed E-state index contributed by atoms with van der Waals surface area (Å²) in [5.41, 5.74) is 4.65. The van der Waals surface area contributed by atoms with Crippen LogP contribution in [-0.2, 0) is 0 Å². The molecule has 0 saturated heterocycles. The predicted octanol–water partition coefficient (Wildman–Crippen LogP) is -1.84. The molecule has 17 heavy (non-hydrogen) atoms. The Labute approximate surface area is 94.5 Å². The Kier molecular flexibility index (Phi) is 2.68. The Morgan fingerprint density at radius 3 is 2.47 bits per heavy atom. The largest absolute Gasteiger partial charge is 0.290 e. The maximum atomic E-state index is 11.6. The van der Waals surface area contributed by atoms with E-state index in [-0.39, 0.29) is 16.6 Å². The van der Waals surface area contributed by atoms with Crippen LogP contribution in [0.1, 0.15) is 20.7 Å². The molecular formula is C8H9N7O2. The van der Waals surface area contributed by atoms with Gasteiger partial charge in [-0.3, -0.25) is 20.4 Å². The average molecular weight is 235 g/mol. The zero-order valence-electron chi connectivity index (χ0n) is 8.52. The first kappa shape index (κ1) is 11.0. The Morgan fingerprint density at radius 2 is 1.82 bits per heavy atom. The average Bonchev–Trinajstić information content (AvgIpc) is 2.83. The minimum absolute atomic E-state index is 0.0155. The number of amides is 2. The van der Waals surface area contributed by atoms with E-state index in [0.29, 0.717) is 5.52 Å². The fraction of sp³-hybridized carbons (Fsp3) is 0. The zero-order chi connectivity index (χ0) is 12.4. The molecule has 1 aromatic heterocycles. The number of hydrogen-bond donors (Lipinski definition) is 5. The van der Waals surface area contributed by atoms with Crippen LogP contribution in [-0.4, -0.2) is 27.2 Å². The van der Waals surface area contributed by atoms with Crippen molar-refractivity contribution in [2.45, 2.75) is 0 Å². The Hall–Kier alpha value is -2.52. The summed E-state index contributed by atoms with van der Waals surface area (Å²) in [4.78, 5) is 23.1. The molecule has 0 radical (unpaired) electrons. The normalized spacial score (nSPS) is 10.2. The predicted molar refractivity (Wildman–Crippen MR) is 57.2 cm³/mol. The lowest BCUT2D eigenvalue weighted by Crippen LogP contribution is -2.35. The third-order valence-electron chi connectivity index (χ3n) is 2.22. The second-order valence-electron chi connectivity index (χ2n) is 3.13. The maximum absolute atomic E-state index is 11.6. The van der Waals surface area contributed by atoms with Crippen LogP contribution in [0.5, 0.6) is 0 Å². The van der Waals surface area contributed by atoms with Crippen molar-refractivity contribution >= 4 is 22.8 Å². The summed E-state index contributed by atoms with van der Waals surface area (Å²) in [5, 5.41) is 9.95. The number of carbonyl (C=O) groups is 2. The first-order valence-corrected chi connectivity index (χ1v) is 4.54. The number of aromatic amines is 1. The molecule has 0 bridgehead atoms. The molecule has 0 aliphatic carbocycles. The third-order valence-corrected chi connectivity index (χ3v) is 2.22. The van der Waals surface area contributed by atoms with E-state index in [9.17, 15) is 9.59 Å². The number of nitrogens with zero attached hydrogens (tertiary/aromatic N) is 2. The van der Waals surface area contributed by atoms with Crippen molar-refractivity contribution in [2.75, 3.05) is 0 Å². The SMILES string of the molecule is NNC(=O)c1ccc2n[nH]nc2c1C(=O)NN. The topological polar surface area (TPSA) is 152 Å². The highest BCUT2D eigenvalue weighted by atomic mass is 16.2. The van der Waals surface area contributed by atoms with Gasteiger partial charge in [-0.1, -0.05) is 0 Å². The van der Waals surface area contributed by atoms with Crippen LogP contribution in [0.15, 0.2) is 12.1 Å². The van der Waals surface area contributed by atoms with Gasteiger partial charge in [-0.2, -0.15) is 15.4 Å². The summed E-state index contributed by atoms with van der Waals surface area (Å²) in [6.07, 6.45) is 0. The molecule has 0 aliphatic rings. The van der Waals surface area contributed by atoms with Crippen molar-refractivity contribution in [1.82, 2.24) is 26.3 Å². The minimum Gasteiger partial charge on any atom is -0.290 e. The van der Waals surface area contributed by atoms with Gasteiger partial charge in [0.1, 0.15) is 11.0 Å². The number of fused-ring (bicyclic) bond motifs is 1.